The minimum atomic E-state index is -0.290. The van der Waals surface area contributed by atoms with Gasteiger partial charge in [-0.3, -0.25) is 0 Å². The van der Waals surface area contributed by atoms with Gasteiger partial charge in [0.1, 0.15) is 16.0 Å². The molecule has 112 valence electrons. The van der Waals surface area contributed by atoms with E-state index in [4.69, 9.17) is 19.9 Å². The Hall–Kier alpha value is -0.780. The summed E-state index contributed by atoms with van der Waals surface area (Å²) in [5, 5.41) is 0. The van der Waals surface area contributed by atoms with Crippen LogP contribution in [-0.4, -0.2) is 26.9 Å². The fourth-order valence-corrected chi connectivity index (χ4v) is 3.75. The molecule has 0 amide bonds. The van der Waals surface area contributed by atoms with Crippen LogP contribution in [0.25, 0.3) is 0 Å². The van der Waals surface area contributed by atoms with Crippen molar-refractivity contribution in [3.63, 3.8) is 0 Å². The lowest BCUT2D eigenvalue weighted by Gasteiger charge is -2.35. The van der Waals surface area contributed by atoms with Crippen molar-refractivity contribution in [2.75, 3.05) is 21.3 Å². The van der Waals surface area contributed by atoms with Gasteiger partial charge in [0.05, 0.1) is 25.9 Å². The standard InChI is InChI=1S/C15H22BrNO3/c1-18-11-7-6-10(13(19-2)12(11)16)14(17)15(20-3)8-4-5-9-15/h6-7,14H,4-5,8-9,17H2,1-3H3. The monoisotopic (exact) mass is 343 g/mol. The minimum absolute atomic E-state index is 0.216. The SMILES string of the molecule is COc1ccc(C(N)C2(OC)CCCC2)c(OC)c1Br. The number of ether oxygens (including phenoxy) is 3. The Labute approximate surface area is 128 Å². The summed E-state index contributed by atoms with van der Waals surface area (Å²) in [6.45, 7) is 0. The molecule has 1 unspecified atom stereocenters. The molecular formula is C15H22BrNO3. The summed E-state index contributed by atoms with van der Waals surface area (Å²) >= 11 is 3.52. The van der Waals surface area contributed by atoms with Gasteiger partial charge in [0, 0.05) is 12.7 Å². The molecule has 0 aliphatic heterocycles. The van der Waals surface area contributed by atoms with E-state index in [9.17, 15) is 0 Å². The van der Waals surface area contributed by atoms with E-state index in [-0.39, 0.29) is 11.6 Å². The van der Waals surface area contributed by atoms with Crippen molar-refractivity contribution in [1.29, 1.82) is 0 Å². The van der Waals surface area contributed by atoms with E-state index in [0.717, 1.165) is 47.2 Å². The fraction of sp³-hybridized carbons (Fsp3) is 0.600. The van der Waals surface area contributed by atoms with Gasteiger partial charge in [0.25, 0.3) is 0 Å². The fourth-order valence-electron chi connectivity index (χ4n) is 3.06. The molecule has 5 heteroatoms. The molecular weight excluding hydrogens is 322 g/mol. The first-order valence-corrected chi connectivity index (χ1v) is 7.60. The Kier molecular flexibility index (Phi) is 4.94. The molecule has 0 spiro atoms. The number of nitrogens with two attached hydrogens (primary N) is 1. The van der Waals surface area contributed by atoms with Gasteiger partial charge in [-0.05, 0) is 40.9 Å². The van der Waals surface area contributed by atoms with E-state index < -0.39 is 0 Å². The number of benzene rings is 1. The van der Waals surface area contributed by atoms with Gasteiger partial charge in [-0.15, -0.1) is 0 Å². The largest absolute Gasteiger partial charge is 0.495 e. The molecule has 1 aliphatic rings. The zero-order valence-corrected chi connectivity index (χ0v) is 13.8. The van der Waals surface area contributed by atoms with E-state index >= 15 is 0 Å². The van der Waals surface area contributed by atoms with Crippen LogP contribution in [0.4, 0.5) is 0 Å². The quantitative estimate of drug-likeness (QED) is 0.889. The van der Waals surface area contributed by atoms with Gasteiger partial charge >= 0.3 is 0 Å². The minimum Gasteiger partial charge on any atom is -0.495 e. The molecule has 0 heterocycles. The van der Waals surface area contributed by atoms with Gasteiger partial charge < -0.3 is 19.9 Å². The lowest BCUT2D eigenvalue weighted by Crippen LogP contribution is -2.40. The Morgan fingerprint density at radius 3 is 2.30 bits per heavy atom. The van der Waals surface area contributed by atoms with Gasteiger partial charge in [0.2, 0.25) is 0 Å². The van der Waals surface area contributed by atoms with Gasteiger partial charge in [-0.25, -0.2) is 0 Å². The molecule has 0 saturated heterocycles. The first kappa shape index (κ1) is 15.6. The first-order valence-electron chi connectivity index (χ1n) is 6.80. The summed E-state index contributed by atoms with van der Waals surface area (Å²) in [6, 6.07) is 3.65. The van der Waals surface area contributed by atoms with Crippen LogP contribution in [-0.2, 0) is 4.74 Å². The van der Waals surface area contributed by atoms with Crippen LogP contribution in [0.3, 0.4) is 0 Å². The molecule has 2 N–H and O–H groups in total. The van der Waals surface area contributed by atoms with Gasteiger partial charge in [0.15, 0.2) is 0 Å². The summed E-state index contributed by atoms with van der Waals surface area (Å²) in [4.78, 5) is 0. The maximum atomic E-state index is 6.52. The van der Waals surface area contributed by atoms with Crippen LogP contribution in [0.15, 0.2) is 16.6 Å². The number of hydrogen-bond donors (Lipinski definition) is 1. The summed E-state index contributed by atoms with van der Waals surface area (Å²) in [6.07, 6.45) is 4.28. The Bertz CT molecular complexity index is 472. The molecule has 0 radical (unpaired) electrons. The maximum absolute atomic E-state index is 6.52. The Morgan fingerprint density at radius 2 is 1.80 bits per heavy atom. The van der Waals surface area contributed by atoms with Crippen LogP contribution in [0.5, 0.6) is 11.5 Å². The van der Waals surface area contributed by atoms with E-state index in [1.807, 2.05) is 12.1 Å². The highest BCUT2D eigenvalue weighted by atomic mass is 79.9. The summed E-state index contributed by atoms with van der Waals surface area (Å²) in [7, 11) is 5.02. The van der Waals surface area contributed by atoms with Crippen LogP contribution in [0.2, 0.25) is 0 Å². The molecule has 2 rings (SSSR count). The van der Waals surface area contributed by atoms with E-state index in [1.165, 1.54) is 0 Å². The molecule has 0 bridgehead atoms. The van der Waals surface area contributed by atoms with Crippen molar-refractivity contribution in [1.82, 2.24) is 0 Å². The Balaban J connectivity index is 2.44. The second-order valence-corrected chi connectivity index (χ2v) is 5.95. The summed E-state index contributed by atoms with van der Waals surface area (Å²) in [5.74, 6) is 1.45. The van der Waals surface area contributed by atoms with Crippen molar-refractivity contribution in [3.05, 3.63) is 22.2 Å². The second-order valence-electron chi connectivity index (χ2n) is 5.16. The number of rotatable bonds is 5. The molecule has 1 aliphatic carbocycles. The molecule has 20 heavy (non-hydrogen) atoms. The smallest absolute Gasteiger partial charge is 0.141 e. The third kappa shape index (κ3) is 2.54. The van der Waals surface area contributed by atoms with Crippen molar-refractivity contribution in [3.8, 4) is 11.5 Å². The average Bonchev–Trinajstić information content (AvgIpc) is 2.96. The van der Waals surface area contributed by atoms with Crippen molar-refractivity contribution >= 4 is 15.9 Å². The number of methoxy groups -OCH3 is 3. The third-order valence-corrected chi connectivity index (χ3v) is 5.03. The highest BCUT2D eigenvalue weighted by Gasteiger charge is 2.41. The highest BCUT2D eigenvalue weighted by molar-refractivity contribution is 9.10. The average molecular weight is 344 g/mol. The van der Waals surface area contributed by atoms with Gasteiger partial charge in [-0.2, -0.15) is 0 Å². The van der Waals surface area contributed by atoms with Crippen molar-refractivity contribution < 1.29 is 14.2 Å². The zero-order valence-electron chi connectivity index (χ0n) is 12.2. The van der Waals surface area contributed by atoms with Gasteiger partial charge in [-0.1, -0.05) is 12.8 Å². The predicted molar refractivity (Wildman–Crippen MR) is 82.4 cm³/mol. The predicted octanol–water partition coefficient (Wildman–Crippen LogP) is 3.43. The van der Waals surface area contributed by atoms with Crippen LogP contribution in [0, 0.1) is 0 Å². The lowest BCUT2D eigenvalue weighted by molar-refractivity contribution is -0.0269. The molecule has 0 aromatic heterocycles. The molecule has 1 saturated carbocycles. The van der Waals surface area contributed by atoms with Crippen molar-refractivity contribution in [2.24, 2.45) is 5.73 Å². The number of hydrogen-bond acceptors (Lipinski definition) is 4. The van der Waals surface area contributed by atoms with E-state index in [2.05, 4.69) is 15.9 Å². The maximum Gasteiger partial charge on any atom is 0.141 e. The summed E-state index contributed by atoms with van der Waals surface area (Å²) < 4.78 is 17.4. The first-order chi connectivity index (χ1) is 9.59. The van der Waals surface area contributed by atoms with E-state index in [1.54, 1.807) is 21.3 Å². The zero-order chi connectivity index (χ0) is 14.8. The Morgan fingerprint density at radius 1 is 1.15 bits per heavy atom. The number of halogens is 1. The lowest BCUT2D eigenvalue weighted by atomic mass is 9.87. The van der Waals surface area contributed by atoms with Crippen LogP contribution in [0.1, 0.15) is 37.3 Å². The molecule has 4 nitrogen and oxygen atoms in total. The molecule has 1 aromatic rings. The van der Waals surface area contributed by atoms with Crippen molar-refractivity contribution in [2.45, 2.75) is 37.3 Å². The van der Waals surface area contributed by atoms with Crippen LogP contribution >= 0.6 is 15.9 Å². The molecule has 1 fully saturated rings. The second kappa shape index (κ2) is 6.33. The topological polar surface area (TPSA) is 53.7 Å². The highest BCUT2D eigenvalue weighted by Crippen LogP contribution is 2.46. The van der Waals surface area contributed by atoms with E-state index in [0.29, 0.717) is 0 Å². The normalized spacial score (nSPS) is 18.9. The molecule has 1 aromatic carbocycles. The molecule has 1 atom stereocenters. The summed E-state index contributed by atoms with van der Waals surface area (Å²) in [5.41, 5.74) is 7.17. The van der Waals surface area contributed by atoms with Crippen LogP contribution < -0.4 is 15.2 Å². The third-order valence-electron chi connectivity index (χ3n) is 4.27.